The van der Waals surface area contributed by atoms with Gasteiger partial charge in [-0.2, -0.15) is 0 Å². The standard InChI is InChI=1S/C21H18N2O2/c22-21(25)18-9-3-5-15(13-18)14-23-20(24)12-11-17-8-4-7-16-6-1-2-10-19(16)17/h1-13H,14H2,(H2,22,25)(H,23,24)/b12-11+. The number of carbonyl (C=O) groups excluding carboxylic acids is 2. The first kappa shape index (κ1) is 16.5. The van der Waals surface area contributed by atoms with Crippen LogP contribution in [-0.4, -0.2) is 11.8 Å². The van der Waals surface area contributed by atoms with Gasteiger partial charge in [-0.15, -0.1) is 0 Å². The van der Waals surface area contributed by atoms with E-state index in [0.29, 0.717) is 12.1 Å². The molecule has 0 saturated heterocycles. The van der Waals surface area contributed by atoms with Crippen LogP contribution in [0.5, 0.6) is 0 Å². The minimum absolute atomic E-state index is 0.197. The lowest BCUT2D eigenvalue weighted by atomic mass is 10.0. The Balaban J connectivity index is 1.67. The molecule has 0 aliphatic carbocycles. The van der Waals surface area contributed by atoms with E-state index in [2.05, 4.69) is 5.32 Å². The summed E-state index contributed by atoms with van der Waals surface area (Å²) in [5.41, 5.74) is 7.50. The van der Waals surface area contributed by atoms with Gasteiger partial charge in [0.25, 0.3) is 0 Å². The molecule has 0 radical (unpaired) electrons. The Morgan fingerprint density at radius 2 is 1.72 bits per heavy atom. The summed E-state index contributed by atoms with van der Waals surface area (Å²) in [5, 5.41) is 5.04. The molecule has 0 aliphatic heterocycles. The molecule has 0 aromatic heterocycles. The maximum Gasteiger partial charge on any atom is 0.248 e. The van der Waals surface area contributed by atoms with E-state index in [1.165, 1.54) is 6.08 Å². The van der Waals surface area contributed by atoms with Crippen LogP contribution >= 0.6 is 0 Å². The normalized spacial score (nSPS) is 10.9. The van der Waals surface area contributed by atoms with E-state index in [0.717, 1.165) is 21.9 Å². The lowest BCUT2D eigenvalue weighted by molar-refractivity contribution is -0.116. The fourth-order valence-corrected chi connectivity index (χ4v) is 2.64. The molecule has 25 heavy (non-hydrogen) atoms. The third kappa shape index (κ3) is 4.12. The van der Waals surface area contributed by atoms with Crippen LogP contribution in [0.1, 0.15) is 21.5 Å². The Labute approximate surface area is 146 Å². The molecule has 3 aromatic rings. The van der Waals surface area contributed by atoms with Crippen LogP contribution in [0.4, 0.5) is 0 Å². The number of nitrogens with two attached hydrogens (primary N) is 1. The predicted octanol–water partition coefficient (Wildman–Crippen LogP) is 3.27. The van der Waals surface area contributed by atoms with Crippen molar-refractivity contribution in [2.75, 3.05) is 0 Å². The van der Waals surface area contributed by atoms with Gasteiger partial charge in [0.05, 0.1) is 0 Å². The number of fused-ring (bicyclic) bond motifs is 1. The molecule has 2 amide bonds. The first-order chi connectivity index (χ1) is 12.1. The zero-order chi connectivity index (χ0) is 17.6. The van der Waals surface area contributed by atoms with Gasteiger partial charge >= 0.3 is 0 Å². The lowest BCUT2D eigenvalue weighted by Gasteiger charge is -2.05. The molecule has 0 fully saturated rings. The van der Waals surface area contributed by atoms with Gasteiger partial charge in [0.15, 0.2) is 0 Å². The summed E-state index contributed by atoms with van der Waals surface area (Å²) < 4.78 is 0. The number of nitrogens with one attached hydrogen (secondary N) is 1. The highest BCUT2D eigenvalue weighted by molar-refractivity contribution is 5.96. The third-order valence-electron chi connectivity index (χ3n) is 3.92. The second-order valence-electron chi connectivity index (χ2n) is 5.68. The second-order valence-corrected chi connectivity index (χ2v) is 5.68. The molecule has 4 heteroatoms. The monoisotopic (exact) mass is 330 g/mol. The van der Waals surface area contributed by atoms with E-state index < -0.39 is 5.91 Å². The zero-order valence-corrected chi connectivity index (χ0v) is 13.6. The van der Waals surface area contributed by atoms with Crippen LogP contribution in [0.15, 0.2) is 72.8 Å². The summed E-state index contributed by atoms with van der Waals surface area (Å²) in [5.74, 6) is -0.679. The van der Waals surface area contributed by atoms with Crippen LogP contribution in [0.3, 0.4) is 0 Å². The number of benzene rings is 3. The third-order valence-corrected chi connectivity index (χ3v) is 3.92. The van der Waals surface area contributed by atoms with Crippen molar-refractivity contribution in [1.82, 2.24) is 5.32 Å². The summed E-state index contributed by atoms with van der Waals surface area (Å²) in [6, 6.07) is 20.9. The van der Waals surface area contributed by atoms with Gasteiger partial charge in [-0.05, 0) is 40.1 Å². The minimum Gasteiger partial charge on any atom is -0.366 e. The Kier molecular flexibility index (Phi) is 4.90. The highest BCUT2D eigenvalue weighted by Gasteiger charge is 2.03. The van der Waals surface area contributed by atoms with Crippen LogP contribution < -0.4 is 11.1 Å². The molecule has 4 nitrogen and oxygen atoms in total. The number of carbonyl (C=O) groups is 2. The summed E-state index contributed by atoms with van der Waals surface area (Å²) in [4.78, 5) is 23.2. The number of rotatable bonds is 5. The van der Waals surface area contributed by atoms with Crippen molar-refractivity contribution >= 4 is 28.7 Å². The van der Waals surface area contributed by atoms with Gasteiger partial charge in [-0.1, -0.05) is 54.6 Å². The molecule has 3 rings (SSSR count). The molecule has 3 N–H and O–H groups in total. The molecule has 0 bridgehead atoms. The first-order valence-electron chi connectivity index (χ1n) is 7.96. The topological polar surface area (TPSA) is 72.2 Å². The molecular formula is C21H18N2O2. The van der Waals surface area contributed by atoms with Crippen molar-refractivity contribution in [2.45, 2.75) is 6.54 Å². The zero-order valence-electron chi connectivity index (χ0n) is 13.6. The van der Waals surface area contributed by atoms with Crippen LogP contribution in [0, 0.1) is 0 Å². The largest absolute Gasteiger partial charge is 0.366 e. The Morgan fingerprint density at radius 1 is 0.960 bits per heavy atom. The van der Waals surface area contributed by atoms with Crippen LogP contribution in [0.25, 0.3) is 16.8 Å². The average Bonchev–Trinajstić information content (AvgIpc) is 2.65. The van der Waals surface area contributed by atoms with Gasteiger partial charge < -0.3 is 11.1 Å². The van der Waals surface area contributed by atoms with Crippen LogP contribution in [0.2, 0.25) is 0 Å². The van der Waals surface area contributed by atoms with E-state index in [-0.39, 0.29) is 5.91 Å². The van der Waals surface area contributed by atoms with E-state index in [4.69, 9.17) is 5.73 Å². The summed E-state index contributed by atoms with van der Waals surface area (Å²) in [6.07, 6.45) is 3.32. The molecule has 124 valence electrons. The molecular weight excluding hydrogens is 312 g/mol. The second kappa shape index (κ2) is 7.45. The van der Waals surface area contributed by atoms with Gasteiger partial charge in [0.1, 0.15) is 0 Å². The number of primary amides is 1. The highest BCUT2D eigenvalue weighted by Crippen LogP contribution is 2.19. The fourth-order valence-electron chi connectivity index (χ4n) is 2.64. The van der Waals surface area contributed by atoms with Crippen molar-refractivity contribution < 1.29 is 9.59 Å². The molecule has 0 atom stereocenters. The van der Waals surface area contributed by atoms with Crippen molar-refractivity contribution in [3.8, 4) is 0 Å². The smallest absolute Gasteiger partial charge is 0.248 e. The van der Waals surface area contributed by atoms with Crippen molar-refractivity contribution in [1.29, 1.82) is 0 Å². The Bertz CT molecular complexity index is 956. The van der Waals surface area contributed by atoms with E-state index in [1.807, 2.05) is 48.5 Å². The SMILES string of the molecule is NC(=O)c1cccc(CNC(=O)/C=C/c2cccc3ccccc23)c1. The summed E-state index contributed by atoms with van der Waals surface area (Å²) >= 11 is 0. The Morgan fingerprint density at radius 3 is 2.56 bits per heavy atom. The van der Waals surface area contributed by atoms with Crippen molar-refractivity contribution in [3.63, 3.8) is 0 Å². The van der Waals surface area contributed by atoms with Gasteiger partial charge in [-0.25, -0.2) is 0 Å². The fraction of sp³-hybridized carbons (Fsp3) is 0.0476. The predicted molar refractivity (Wildman–Crippen MR) is 99.8 cm³/mol. The number of hydrogen-bond acceptors (Lipinski definition) is 2. The number of hydrogen-bond donors (Lipinski definition) is 2. The maximum atomic E-state index is 12.1. The number of amides is 2. The lowest BCUT2D eigenvalue weighted by Crippen LogP contribution is -2.20. The molecule has 3 aromatic carbocycles. The van der Waals surface area contributed by atoms with Crippen LogP contribution in [-0.2, 0) is 11.3 Å². The van der Waals surface area contributed by atoms with E-state index in [1.54, 1.807) is 24.3 Å². The van der Waals surface area contributed by atoms with Gasteiger partial charge in [-0.3, -0.25) is 9.59 Å². The molecule has 0 aliphatic rings. The van der Waals surface area contributed by atoms with Crippen molar-refractivity contribution in [2.24, 2.45) is 5.73 Å². The highest BCUT2D eigenvalue weighted by atomic mass is 16.1. The van der Waals surface area contributed by atoms with E-state index in [9.17, 15) is 9.59 Å². The Hall–Kier alpha value is -3.40. The maximum absolute atomic E-state index is 12.1. The van der Waals surface area contributed by atoms with Gasteiger partial charge in [0, 0.05) is 18.2 Å². The summed E-state index contributed by atoms with van der Waals surface area (Å²) in [7, 11) is 0. The van der Waals surface area contributed by atoms with Crippen molar-refractivity contribution in [3.05, 3.63) is 89.5 Å². The first-order valence-corrected chi connectivity index (χ1v) is 7.96. The summed E-state index contributed by atoms with van der Waals surface area (Å²) in [6.45, 7) is 0.333. The molecule has 0 saturated carbocycles. The molecule has 0 spiro atoms. The quantitative estimate of drug-likeness (QED) is 0.705. The van der Waals surface area contributed by atoms with Gasteiger partial charge in [0.2, 0.25) is 11.8 Å². The average molecular weight is 330 g/mol. The van der Waals surface area contributed by atoms with E-state index >= 15 is 0 Å². The molecule has 0 unspecified atom stereocenters. The minimum atomic E-state index is -0.482. The molecule has 0 heterocycles.